The Balaban J connectivity index is 1.37. The van der Waals surface area contributed by atoms with Gasteiger partial charge in [0.1, 0.15) is 0 Å². The Kier molecular flexibility index (Phi) is 4.68. The lowest BCUT2D eigenvalue weighted by Gasteiger charge is -2.37. The smallest absolute Gasteiger partial charge is 0.253 e. The van der Waals surface area contributed by atoms with E-state index in [1.165, 1.54) is 0 Å². The number of aryl methyl sites for hydroxylation is 1. The highest BCUT2D eigenvalue weighted by Gasteiger charge is 2.34. The van der Waals surface area contributed by atoms with Crippen LogP contribution < -0.4 is 0 Å². The van der Waals surface area contributed by atoms with Gasteiger partial charge in [0.2, 0.25) is 0 Å². The van der Waals surface area contributed by atoms with E-state index < -0.39 is 9.84 Å². The van der Waals surface area contributed by atoms with Crippen LogP contribution >= 0.6 is 0 Å². The minimum Gasteiger partial charge on any atom is -0.336 e. The summed E-state index contributed by atoms with van der Waals surface area (Å²) in [6.07, 6.45) is 0.703. The van der Waals surface area contributed by atoms with Crippen LogP contribution in [0.1, 0.15) is 22.6 Å². The van der Waals surface area contributed by atoms with E-state index in [0.717, 1.165) is 5.69 Å². The van der Waals surface area contributed by atoms with E-state index in [1.54, 1.807) is 16.8 Å². The molecule has 2 fully saturated rings. The molecule has 0 saturated carbocycles. The van der Waals surface area contributed by atoms with Crippen LogP contribution in [0.3, 0.4) is 0 Å². The molecule has 2 aromatic rings. The monoisotopic (exact) mass is 390 g/mol. The largest absolute Gasteiger partial charge is 0.336 e. The zero-order valence-corrected chi connectivity index (χ0v) is 16.0. The van der Waals surface area contributed by atoms with Crippen LogP contribution in [0.4, 0.5) is 0 Å². The lowest BCUT2D eigenvalue weighted by Crippen LogP contribution is -2.52. The second kappa shape index (κ2) is 7.01. The highest BCUT2D eigenvalue weighted by molar-refractivity contribution is 7.91. The summed E-state index contributed by atoms with van der Waals surface area (Å²) in [5.74, 6) is 1.20. The lowest BCUT2D eigenvalue weighted by molar-refractivity contribution is 0.0588. The number of carbonyl (C=O) groups excluding carboxylic acids is 1. The Morgan fingerprint density at radius 2 is 1.81 bits per heavy atom. The van der Waals surface area contributed by atoms with E-state index in [1.807, 2.05) is 24.0 Å². The molecule has 9 nitrogen and oxygen atoms in total. The summed E-state index contributed by atoms with van der Waals surface area (Å²) in [6, 6.07) is 7.33. The van der Waals surface area contributed by atoms with E-state index >= 15 is 0 Å². The molecule has 1 aromatic heterocycles. The van der Waals surface area contributed by atoms with Crippen molar-refractivity contribution in [1.29, 1.82) is 0 Å². The van der Waals surface area contributed by atoms with Gasteiger partial charge < -0.3 is 4.90 Å². The van der Waals surface area contributed by atoms with Gasteiger partial charge in [0.05, 0.1) is 17.2 Å². The predicted octanol–water partition coefficient (Wildman–Crippen LogP) is -0.0844. The normalized spacial score (nSPS) is 22.9. The van der Waals surface area contributed by atoms with Gasteiger partial charge in [-0.2, -0.15) is 4.68 Å². The number of sulfone groups is 1. The fraction of sp³-hybridized carbons (Fsp3) is 0.529. The minimum atomic E-state index is -2.88. The molecule has 0 spiro atoms. The molecule has 10 heteroatoms. The lowest BCUT2D eigenvalue weighted by atomic mass is 10.1. The standard InChI is InChI=1S/C17H22N6O3S/c1-13-18-19-20-23(13)15-4-2-14(3-5-15)17(24)22-9-7-21(8-10-22)16-6-11-27(25,26)12-16/h2-5,16H,6-12H2,1H3/t16-/m0/s1. The molecule has 1 amide bonds. The van der Waals surface area contributed by atoms with Gasteiger partial charge in [0, 0.05) is 37.8 Å². The quantitative estimate of drug-likeness (QED) is 0.722. The van der Waals surface area contributed by atoms with E-state index in [9.17, 15) is 13.2 Å². The molecule has 1 atom stereocenters. The Labute approximate surface area is 157 Å². The summed E-state index contributed by atoms with van der Waals surface area (Å²) in [4.78, 5) is 16.8. The third-order valence-electron chi connectivity index (χ3n) is 5.31. The third kappa shape index (κ3) is 3.72. The van der Waals surface area contributed by atoms with Gasteiger partial charge in [-0.05, 0) is 48.0 Å². The molecule has 2 aliphatic heterocycles. The third-order valence-corrected chi connectivity index (χ3v) is 7.06. The number of benzene rings is 1. The van der Waals surface area contributed by atoms with E-state index in [4.69, 9.17) is 0 Å². The molecule has 0 aliphatic carbocycles. The van der Waals surface area contributed by atoms with E-state index in [0.29, 0.717) is 44.0 Å². The molecule has 27 heavy (non-hydrogen) atoms. The fourth-order valence-corrected chi connectivity index (χ4v) is 5.51. The summed E-state index contributed by atoms with van der Waals surface area (Å²) in [5.41, 5.74) is 1.43. The minimum absolute atomic E-state index is 0.00585. The van der Waals surface area contributed by atoms with Crippen molar-refractivity contribution >= 4 is 15.7 Å². The molecule has 0 radical (unpaired) electrons. The predicted molar refractivity (Wildman–Crippen MR) is 98.4 cm³/mol. The number of aromatic nitrogens is 4. The molecular weight excluding hydrogens is 368 g/mol. The summed E-state index contributed by atoms with van der Waals surface area (Å²) >= 11 is 0. The summed E-state index contributed by atoms with van der Waals surface area (Å²) in [5, 5.41) is 11.4. The van der Waals surface area contributed by atoms with Crippen molar-refractivity contribution < 1.29 is 13.2 Å². The average molecular weight is 390 g/mol. The van der Waals surface area contributed by atoms with Crippen molar-refractivity contribution in [3.05, 3.63) is 35.7 Å². The number of tetrazole rings is 1. The van der Waals surface area contributed by atoms with E-state index in [-0.39, 0.29) is 23.5 Å². The van der Waals surface area contributed by atoms with Crippen LogP contribution in [0, 0.1) is 6.92 Å². The first-order valence-electron chi connectivity index (χ1n) is 9.02. The van der Waals surface area contributed by atoms with Gasteiger partial charge in [-0.15, -0.1) is 5.10 Å². The number of rotatable bonds is 3. The maximum absolute atomic E-state index is 12.8. The van der Waals surface area contributed by atoms with E-state index in [2.05, 4.69) is 20.4 Å². The number of nitrogens with zero attached hydrogens (tertiary/aromatic N) is 6. The number of carbonyl (C=O) groups is 1. The van der Waals surface area contributed by atoms with Crippen LogP contribution in [0.15, 0.2) is 24.3 Å². The Morgan fingerprint density at radius 1 is 1.11 bits per heavy atom. The Bertz CT molecular complexity index is 932. The van der Waals surface area contributed by atoms with Crippen LogP contribution in [0.2, 0.25) is 0 Å². The molecular formula is C17H22N6O3S. The fourth-order valence-electron chi connectivity index (χ4n) is 3.75. The van der Waals surface area contributed by atoms with Crippen LogP contribution in [-0.2, 0) is 9.84 Å². The summed E-state index contributed by atoms with van der Waals surface area (Å²) in [7, 11) is -2.88. The van der Waals surface area contributed by atoms with Gasteiger partial charge in [-0.1, -0.05) is 0 Å². The van der Waals surface area contributed by atoms with Gasteiger partial charge in [0.15, 0.2) is 15.7 Å². The first-order valence-corrected chi connectivity index (χ1v) is 10.8. The van der Waals surface area contributed by atoms with Crippen molar-refractivity contribution in [3.63, 3.8) is 0 Å². The molecule has 2 aliphatic rings. The number of hydrogen-bond donors (Lipinski definition) is 0. The molecule has 0 unspecified atom stereocenters. The SMILES string of the molecule is Cc1nnnn1-c1ccc(C(=O)N2CCN([C@H]3CCS(=O)(=O)C3)CC2)cc1. The number of piperazine rings is 1. The van der Waals surface area contributed by atoms with Crippen LogP contribution in [0.25, 0.3) is 5.69 Å². The second-order valence-corrected chi connectivity index (χ2v) is 9.30. The second-order valence-electron chi connectivity index (χ2n) is 7.07. The first-order chi connectivity index (χ1) is 12.9. The van der Waals surface area contributed by atoms with Crippen molar-refractivity contribution in [2.45, 2.75) is 19.4 Å². The van der Waals surface area contributed by atoms with Crippen molar-refractivity contribution in [2.24, 2.45) is 0 Å². The average Bonchev–Trinajstić information content (AvgIpc) is 3.26. The molecule has 3 heterocycles. The Hall–Kier alpha value is -2.33. The zero-order valence-electron chi connectivity index (χ0n) is 15.2. The van der Waals surface area contributed by atoms with Crippen molar-refractivity contribution in [3.8, 4) is 5.69 Å². The molecule has 2 saturated heterocycles. The number of amides is 1. The molecule has 4 rings (SSSR count). The van der Waals surface area contributed by atoms with Gasteiger partial charge in [-0.25, -0.2) is 8.42 Å². The summed E-state index contributed by atoms with van der Waals surface area (Å²) in [6.45, 7) is 4.47. The highest BCUT2D eigenvalue weighted by atomic mass is 32.2. The van der Waals surface area contributed by atoms with Crippen LogP contribution in [0.5, 0.6) is 0 Å². The van der Waals surface area contributed by atoms with Gasteiger partial charge in [-0.3, -0.25) is 9.69 Å². The first kappa shape index (κ1) is 18.1. The van der Waals surface area contributed by atoms with Gasteiger partial charge >= 0.3 is 0 Å². The van der Waals surface area contributed by atoms with Crippen molar-refractivity contribution in [2.75, 3.05) is 37.7 Å². The Morgan fingerprint density at radius 3 is 2.37 bits per heavy atom. The maximum atomic E-state index is 12.8. The van der Waals surface area contributed by atoms with Crippen LogP contribution in [-0.4, -0.2) is 88.1 Å². The molecule has 0 N–H and O–H groups in total. The maximum Gasteiger partial charge on any atom is 0.253 e. The van der Waals surface area contributed by atoms with Gasteiger partial charge in [0.25, 0.3) is 5.91 Å². The topological polar surface area (TPSA) is 101 Å². The van der Waals surface area contributed by atoms with Crippen molar-refractivity contribution in [1.82, 2.24) is 30.0 Å². The molecule has 144 valence electrons. The summed E-state index contributed by atoms with van der Waals surface area (Å²) < 4.78 is 25.0. The zero-order chi connectivity index (χ0) is 19.0. The highest BCUT2D eigenvalue weighted by Crippen LogP contribution is 2.20. The molecule has 0 bridgehead atoms. The molecule has 1 aromatic carbocycles. The number of hydrogen-bond acceptors (Lipinski definition) is 7.